The Labute approximate surface area is 174 Å². The molecule has 1 heterocycles. The largest absolute Gasteiger partial charge is 0.349 e. The second-order valence-corrected chi connectivity index (χ2v) is 7.32. The highest BCUT2D eigenvalue weighted by Crippen LogP contribution is 2.24. The molecule has 2 aromatic carbocycles. The fraction of sp³-hybridized carbons (Fsp3) is 0.208. The van der Waals surface area contributed by atoms with Crippen molar-refractivity contribution in [3.05, 3.63) is 71.9 Å². The van der Waals surface area contributed by atoms with Gasteiger partial charge >= 0.3 is 0 Å². The summed E-state index contributed by atoms with van der Waals surface area (Å²) in [5.41, 5.74) is 2.87. The number of rotatable bonds is 7. The third-order valence-corrected chi connectivity index (χ3v) is 5.04. The number of hydrogen-bond donors (Lipinski definition) is 2. The van der Waals surface area contributed by atoms with E-state index in [4.69, 9.17) is 5.26 Å². The summed E-state index contributed by atoms with van der Waals surface area (Å²) in [4.78, 5) is 24.9. The summed E-state index contributed by atoms with van der Waals surface area (Å²) in [6, 6.07) is 17.3. The first-order valence-electron chi connectivity index (χ1n) is 9.99. The van der Waals surface area contributed by atoms with Crippen LogP contribution in [0.15, 0.2) is 60.8 Å². The number of anilines is 1. The average Bonchev–Trinajstić information content (AvgIpc) is 3.50. The fourth-order valence-electron chi connectivity index (χ4n) is 3.38. The average molecular weight is 398 g/mol. The first-order chi connectivity index (χ1) is 14.7. The van der Waals surface area contributed by atoms with E-state index in [0.717, 1.165) is 29.3 Å². The molecule has 1 aliphatic carbocycles. The molecule has 4 rings (SSSR count). The number of benzene rings is 2. The normalized spacial score (nSPS) is 13.3. The topological polar surface area (TPSA) is 86.9 Å². The molecule has 2 amide bonds. The number of nitrogens with one attached hydrogen (secondary N) is 2. The quantitative estimate of drug-likeness (QED) is 0.588. The van der Waals surface area contributed by atoms with Crippen LogP contribution >= 0.6 is 0 Å². The molecule has 6 heteroatoms. The van der Waals surface area contributed by atoms with Crippen molar-refractivity contribution in [3.63, 3.8) is 0 Å². The molecule has 1 fully saturated rings. The monoisotopic (exact) mass is 398 g/mol. The molecule has 0 saturated heterocycles. The molecular weight excluding hydrogens is 376 g/mol. The minimum Gasteiger partial charge on any atom is -0.349 e. The predicted octanol–water partition coefficient (Wildman–Crippen LogP) is 4.10. The van der Waals surface area contributed by atoms with Gasteiger partial charge in [0.15, 0.2) is 0 Å². The molecule has 0 unspecified atom stereocenters. The predicted molar refractivity (Wildman–Crippen MR) is 117 cm³/mol. The molecule has 0 aliphatic heterocycles. The maximum absolute atomic E-state index is 12.5. The van der Waals surface area contributed by atoms with Gasteiger partial charge in [-0.1, -0.05) is 30.3 Å². The first-order valence-corrected chi connectivity index (χ1v) is 9.99. The van der Waals surface area contributed by atoms with Gasteiger partial charge in [-0.2, -0.15) is 5.26 Å². The minimum absolute atomic E-state index is 0.169. The van der Waals surface area contributed by atoms with Gasteiger partial charge in [-0.25, -0.2) is 0 Å². The summed E-state index contributed by atoms with van der Waals surface area (Å²) in [5.74, 6) is -0.478. The zero-order valence-electron chi connectivity index (χ0n) is 16.5. The highest BCUT2D eigenvalue weighted by Gasteiger charge is 2.24. The summed E-state index contributed by atoms with van der Waals surface area (Å²) >= 11 is 0. The third-order valence-electron chi connectivity index (χ3n) is 5.04. The number of fused-ring (bicyclic) bond motifs is 1. The number of hydrogen-bond acceptors (Lipinski definition) is 3. The number of carbonyl (C=O) groups is 2. The lowest BCUT2D eigenvalue weighted by molar-refractivity contribution is -0.111. The minimum atomic E-state index is -0.310. The van der Waals surface area contributed by atoms with Gasteiger partial charge in [0.05, 0.1) is 23.7 Å². The highest BCUT2D eigenvalue weighted by atomic mass is 16.2. The van der Waals surface area contributed by atoms with E-state index in [1.54, 1.807) is 30.3 Å². The van der Waals surface area contributed by atoms with Crippen molar-refractivity contribution >= 4 is 34.5 Å². The zero-order valence-corrected chi connectivity index (χ0v) is 16.5. The van der Waals surface area contributed by atoms with Crippen molar-refractivity contribution in [2.45, 2.75) is 31.8 Å². The first kappa shape index (κ1) is 19.5. The lowest BCUT2D eigenvalue weighted by Crippen LogP contribution is -2.26. The molecule has 1 saturated carbocycles. The fourth-order valence-corrected chi connectivity index (χ4v) is 3.38. The number of para-hydroxylation sites is 2. The SMILES string of the molecule is N#CCCn1cc(/C=C/C(=O)Nc2ccccc2C(=O)NC2CC2)c2ccccc21. The molecule has 0 radical (unpaired) electrons. The summed E-state index contributed by atoms with van der Waals surface area (Å²) < 4.78 is 2.02. The van der Waals surface area contributed by atoms with E-state index in [-0.39, 0.29) is 17.9 Å². The number of aryl methyl sites for hydroxylation is 1. The second-order valence-electron chi connectivity index (χ2n) is 7.32. The molecule has 30 heavy (non-hydrogen) atoms. The van der Waals surface area contributed by atoms with Crippen molar-refractivity contribution in [2.75, 3.05) is 5.32 Å². The van der Waals surface area contributed by atoms with E-state index < -0.39 is 0 Å². The van der Waals surface area contributed by atoms with Gasteiger partial charge in [-0.15, -0.1) is 0 Å². The Kier molecular flexibility index (Phi) is 5.62. The molecular formula is C24H22N4O2. The Bertz CT molecular complexity index is 1170. The zero-order chi connectivity index (χ0) is 20.9. The third kappa shape index (κ3) is 4.41. The van der Waals surface area contributed by atoms with Crippen LogP contribution in [0.2, 0.25) is 0 Å². The van der Waals surface area contributed by atoms with Crippen LogP contribution in [0.5, 0.6) is 0 Å². The van der Waals surface area contributed by atoms with Crippen molar-refractivity contribution in [3.8, 4) is 6.07 Å². The van der Waals surface area contributed by atoms with Gasteiger partial charge in [0.1, 0.15) is 0 Å². The number of nitriles is 1. The van der Waals surface area contributed by atoms with Crippen LogP contribution in [0, 0.1) is 11.3 Å². The standard InChI is InChI=1S/C24H22N4O2/c25-14-5-15-28-16-17(19-6-2-4-9-22(19)28)10-13-23(29)27-21-8-3-1-7-20(21)24(30)26-18-11-12-18/h1-4,6-10,13,16,18H,5,11-12,15H2,(H,26,30)(H,27,29)/b13-10+. The van der Waals surface area contributed by atoms with Crippen LogP contribution in [0.4, 0.5) is 5.69 Å². The molecule has 2 N–H and O–H groups in total. The van der Waals surface area contributed by atoms with E-state index in [2.05, 4.69) is 16.7 Å². The maximum atomic E-state index is 12.5. The van der Waals surface area contributed by atoms with Crippen LogP contribution in [-0.4, -0.2) is 22.4 Å². The lowest BCUT2D eigenvalue weighted by Gasteiger charge is -2.09. The highest BCUT2D eigenvalue weighted by molar-refractivity contribution is 6.08. The van der Waals surface area contributed by atoms with E-state index >= 15 is 0 Å². The molecule has 0 spiro atoms. The smallest absolute Gasteiger partial charge is 0.253 e. The summed E-state index contributed by atoms with van der Waals surface area (Å²) in [6.45, 7) is 0.598. The molecule has 0 atom stereocenters. The number of aromatic nitrogens is 1. The van der Waals surface area contributed by atoms with Crippen molar-refractivity contribution in [2.24, 2.45) is 0 Å². The maximum Gasteiger partial charge on any atom is 0.253 e. The van der Waals surface area contributed by atoms with Crippen LogP contribution in [0.25, 0.3) is 17.0 Å². The van der Waals surface area contributed by atoms with Gasteiger partial charge in [-0.3, -0.25) is 9.59 Å². The number of carbonyl (C=O) groups excluding carboxylic acids is 2. The Balaban J connectivity index is 1.51. The van der Waals surface area contributed by atoms with E-state index in [0.29, 0.717) is 24.2 Å². The van der Waals surface area contributed by atoms with Gasteiger partial charge < -0.3 is 15.2 Å². The second kappa shape index (κ2) is 8.66. The molecule has 1 aromatic heterocycles. The molecule has 150 valence electrons. The van der Waals surface area contributed by atoms with Gasteiger partial charge in [0.25, 0.3) is 5.91 Å². The molecule has 6 nitrogen and oxygen atoms in total. The van der Waals surface area contributed by atoms with Crippen LogP contribution < -0.4 is 10.6 Å². The molecule has 0 bridgehead atoms. The Morgan fingerprint density at radius 1 is 1.13 bits per heavy atom. The van der Waals surface area contributed by atoms with Crippen LogP contribution in [0.3, 0.4) is 0 Å². The summed E-state index contributed by atoms with van der Waals surface area (Å²) in [5, 5.41) is 15.6. The van der Waals surface area contributed by atoms with Crippen LogP contribution in [0.1, 0.15) is 35.2 Å². The van der Waals surface area contributed by atoms with Gasteiger partial charge in [0, 0.05) is 41.3 Å². The van der Waals surface area contributed by atoms with E-state index in [1.165, 1.54) is 6.08 Å². The Hall–Kier alpha value is -3.85. The van der Waals surface area contributed by atoms with Crippen LogP contribution in [-0.2, 0) is 11.3 Å². The Morgan fingerprint density at radius 3 is 2.70 bits per heavy atom. The van der Waals surface area contributed by atoms with Crippen molar-refractivity contribution < 1.29 is 9.59 Å². The van der Waals surface area contributed by atoms with E-state index in [1.807, 2.05) is 35.0 Å². The van der Waals surface area contributed by atoms with Crippen molar-refractivity contribution in [1.29, 1.82) is 5.26 Å². The number of nitrogens with zero attached hydrogens (tertiary/aromatic N) is 2. The summed E-state index contributed by atoms with van der Waals surface area (Å²) in [6.07, 6.45) is 7.60. The van der Waals surface area contributed by atoms with Gasteiger partial charge in [-0.05, 0) is 37.1 Å². The number of amides is 2. The van der Waals surface area contributed by atoms with E-state index in [9.17, 15) is 9.59 Å². The molecule has 1 aliphatic rings. The summed E-state index contributed by atoms with van der Waals surface area (Å²) in [7, 11) is 0. The van der Waals surface area contributed by atoms with Crippen molar-refractivity contribution in [1.82, 2.24) is 9.88 Å². The van der Waals surface area contributed by atoms with Gasteiger partial charge in [0.2, 0.25) is 5.91 Å². The Morgan fingerprint density at radius 2 is 1.90 bits per heavy atom. The lowest BCUT2D eigenvalue weighted by atomic mass is 10.1. The molecule has 3 aromatic rings.